The minimum Gasteiger partial charge on any atom is -0.487 e. The van der Waals surface area contributed by atoms with Crippen molar-refractivity contribution in [2.24, 2.45) is 0 Å². The number of aromatic nitrogens is 2. The third-order valence-corrected chi connectivity index (χ3v) is 4.97. The third kappa shape index (κ3) is 3.21. The molecule has 2 aromatic rings. The molecule has 108 valence electrons. The van der Waals surface area contributed by atoms with E-state index in [0.29, 0.717) is 17.0 Å². The lowest BCUT2D eigenvalue weighted by Crippen LogP contribution is -2.07. The van der Waals surface area contributed by atoms with E-state index in [2.05, 4.69) is 43.9 Å². The Kier molecular flexibility index (Phi) is 5.52. The van der Waals surface area contributed by atoms with Gasteiger partial charge in [-0.15, -0.1) is 0 Å². The lowest BCUT2D eigenvalue weighted by Gasteiger charge is -2.12. The van der Waals surface area contributed by atoms with E-state index in [4.69, 9.17) is 16.3 Å². The van der Waals surface area contributed by atoms with Crippen LogP contribution < -0.4 is 4.74 Å². The maximum atomic E-state index is 6.17. The summed E-state index contributed by atoms with van der Waals surface area (Å²) in [5, 5.41) is 5.82. The van der Waals surface area contributed by atoms with Gasteiger partial charge in [-0.3, -0.25) is 4.68 Å². The Hall–Kier alpha value is -0.520. The van der Waals surface area contributed by atoms with Crippen LogP contribution in [0, 0.1) is 6.92 Å². The molecule has 0 saturated heterocycles. The second-order valence-corrected chi connectivity index (χ2v) is 6.06. The van der Waals surface area contributed by atoms with Crippen molar-refractivity contribution >= 4 is 43.5 Å². The van der Waals surface area contributed by atoms with Crippen molar-refractivity contribution in [3.8, 4) is 5.75 Å². The van der Waals surface area contributed by atoms with Crippen molar-refractivity contribution in [2.45, 2.75) is 32.3 Å². The normalized spacial score (nSPS) is 10.8. The van der Waals surface area contributed by atoms with Crippen LogP contribution in [0.3, 0.4) is 0 Å². The zero-order chi connectivity index (χ0) is 14.7. The molecule has 0 aliphatic rings. The molecule has 0 fully saturated rings. The molecule has 0 aliphatic carbocycles. The predicted octanol–water partition coefficient (Wildman–Crippen LogP) is 5.10. The Morgan fingerprint density at radius 2 is 2.15 bits per heavy atom. The van der Waals surface area contributed by atoms with Gasteiger partial charge in [0.15, 0.2) is 0 Å². The summed E-state index contributed by atoms with van der Waals surface area (Å²) in [5.74, 6) is 0.794. The van der Waals surface area contributed by atoms with Gasteiger partial charge in [0.25, 0.3) is 0 Å². The maximum absolute atomic E-state index is 6.17. The van der Waals surface area contributed by atoms with E-state index in [1.165, 1.54) is 0 Å². The van der Waals surface area contributed by atoms with Crippen LogP contribution in [0.2, 0.25) is 5.02 Å². The number of ether oxygens (including phenoxy) is 1. The zero-order valence-corrected chi connectivity index (χ0v) is 15.2. The fourth-order valence-corrected chi connectivity index (χ4v) is 3.33. The SMILES string of the molecule is CCn1nc(C)c(Br)c1COc1cccc(Cl)c1CBr. The number of alkyl halides is 1. The minimum atomic E-state index is 0.454. The third-order valence-electron chi connectivity index (χ3n) is 3.03. The molecule has 1 heterocycles. The second-order valence-electron chi connectivity index (χ2n) is 4.30. The summed E-state index contributed by atoms with van der Waals surface area (Å²) < 4.78 is 8.87. The van der Waals surface area contributed by atoms with Crippen molar-refractivity contribution < 1.29 is 4.74 Å². The van der Waals surface area contributed by atoms with Crippen LogP contribution in [0.4, 0.5) is 0 Å². The molecular weight excluding hydrogens is 407 g/mol. The van der Waals surface area contributed by atoms with Crippen LogP contribution in [-0.2, 0) is 18.5 Å². The summed E-state index contributed by atoms with van der Waals surface area (Å²) in [7, 11) is 0. The monoisotopic (exact) mass is 420 g/mol. The van der Waals surface area contributed by atoms with E-state index in [1.807, 2.05) is 29.8 Å². The first-order chi connectivity index (χ1) is 9.58. The molecule has 3 nitrogen and oxygen atoms in total. The highest BCUT2D eigenvalue weighted by Crippen LogP contribution is 2.30. The molecule has 6 heteroatoms. The molecule has 0 unspecified atom stereocenters. The van der Waals surface area contributed by atoms with Crippen LogP contribution in [-0.4, -0.2) is 9.78 Å². The average Bonchev–Trinajstić information content (AvgIpc) is 2.72. The Morgan fingerprint density at radius 1 is 1.40 bits per heavy atom. The summed E-state index contributed by atoms with van der Waals surface area (Å²) in [6, 6.07) is 5.68. The van der Waals surface area contributed by atoms with Gasteiger partial charge in [0.05, 0.1) is 15.9 Å². The summed E-state index contributed by atoms with van der Waals surface area (Å²) in [4.78, 5) is 0. The zero-order valence-electron chi connectivity index (χ0n) is 11.3. The van der Waals surface area contributed by atoms with Gasteiger partial charge in [0.2, 0.25) is 0 Å². The van der Waals surface area contributed by atoms with Crippen molar-refractivity contribution in [3.63, 3.8) is 0 Å². The summed E-state index contributed by atoms with van der Waals surface area (Å²) in [6.07, 6.45) is 0. The average molecular weight is 423 g/mol. The maximum Gasteiger partial charge on any atom is 0.131 e. The van der Waals surface area contributed by atoms with Crippen LogP contribution >= 0.6 is 43.5 Å². The van der Waals surface area contributed by atoms with Gasteiger partial charge in [-0.1, -0.05) is 33.6 Å². The van der Waals surface area contributed by atoms with Crippen LogP contribution in [0.1, 0.15) is 23.9 Å². The van der Waals surface area contributed by atoms with E-state index in [1.54, 1.807) is 0 Å². The lowest BCUT2D eigenvalue weighted by atomic mass is 10.2. The van der Waals surface area contributed by atoms with Crippen molar-refractivity contribution in [1.82, 2.24) is 9.78 Å². The second kappa shape index (κ2) is 6.96. The molecule has 1 aromatic carbocycles. The van der Waals surface area contributed by atoms with Crippen molar-refractivity contribution in [1.29, 1.82) is 0 Å². The predicted molar refractivity (Wildman–Crippen MR) is 88.8 cm³/mol. The number of hydrogen-bond acceptors (Lipinski definition) is 2. The van der Waals surface area contributed by atoms with E-state index in [-0.39, 0.29) is 0 Å². The van der Waals surface area contributed by atoms with Gasteiger partial charge in [-0.25, -0.2) is 0 Å². The Bertz CT molecular complexity index is 613. The highest BCUT2D eigenvalue weighted by atomic mass is 79.9. The molecule has 0 saturated carbocycles. The number of rotatable bonds is 5. The van der Waals surface area contributed by atoms with E-state index in [0.717, 1.165) is 33.7 Å². The molecule has 0 N–H and O–H groups in total. The number of benzene rings is 1. The molecule has 0 amide bonds. The summed E-state index contributed by atoms with van der Waals surface area (Å²) in [6.45, 7) is 5.30. The number of nitrogens with zero attached hydrogens (tertiary/aromatic N) is 2. The minimum absolute atomic E-state index is 0.454. The standard InChI is InChI=1S/C14H15Br2ClN2O/c1-3-19-12(14(16)9(2)18-19)8-20-13-6-4-5-11(17)10(13)7-15/h4-6H,3,7-8H2,1-2H3. The van der Waals surface area contributed by atoms with Gasteiger partial charge in [-0.05, 0) is 41.9 Å². The Morgan fingerprint density at radius 3 is 2.80 bits per heavy atom. The number of aryl methyl sites for hydroxylation is 2. The van der Waals surface area contributed by atoms with E-state index >= 15 is 0 Å². The molecule has 0 spiro atoms. The van der Waals surface area contributed by atoms with Gasteiger partial charge in [-0.2, -0.15) is 5.10 Å². The molecule has 0 radical (unpaired) electrons. The lowest BCUT2D eigenvalue weighted by molar-refractivity contribution is 0.289. The van der Waals surface area contributed by atoms with E-state index in [9.17, 15) is 0 Å². The highest BCUT2D eigenvalue weighted by molar-refractivity contribution is 9.10. The van der Waals surface area contributed by atoms with Crippen LogP contribution in [0.5, 0.6) is 5.75 Å². The van der Waals surface area contributed by atoms with Gasteiger partial charge >= 0.3 is 0 Å². The quantitative estimate of drug-likeness (QED) is 0.627. The Balaban J connectivity index is 2.23. The number of halogens is 3. The molecule has 0 atom stereocenters. The molecule has 1 aromatic heterocycles. The van der Waals surface area contributed by atoms with E-state index < -0.39 is 0 Å². The van der Waals surface area contributed by atoms with Gasteiger partial charge < -0.3 is 4.74 Å². The molecule has 2 rings (SSSR count). The van der Waals surface area contributed by atoms with Crippen molar-refractivity contribution in [3.05, 3.63) is 44.6 Å². The molecule has 0 aliphatic heterocycles. The Labute approximate surface area is 140 Å². The van der Waals surface area contributed by atoms with Crippen LogP contribution in [0.25, 0.3) is 0 Å². The van der Waals surface area contributed by atoms with Gasteiger partial charge in [0, 0.05) is 22.5 Å². The molecular formula is C14H15Br2ClN2O. The summed E-state index contributed by atoms with van der Waals surface area (Å²) in [5.41, 5.74) is 2.97. The van der Waals surface area contributed by atoms with Crippen molar-refractivity contribution in [2.75, 3.05) is 0 Å². The number of hydrogen-bond donors (Lipinski definition) is 0. The first kappa shape index (κ1) is 15.9. The molecule has 0 bridgehead atoms. The summed E-state index contributed by atoms with van der Waals surface area (Å²) >= 11 is 13.2. The highest BCUT2D eigenvalue weighted by Gasteiger charge is 2.14. The first-order valence-corrected chi connectivity index (χ1v) is 8.55. The first-order valence-electron chi connectivity index (χ1n) is 6.26. The molecule has 20 heavy (non-hydrogen) atoms. The smallest absolute Gasteiger partial charge is 0.131 e. The van der Waals surface area contributed by atoms with Gasteiger partial charge in [0.1, 0.15) is 12.4 Å². The fourth-order valence-electron chi connectivity index (χ4n) is 1.96. The topological polar surface area (TPSA) is 27.1 Å². The fraction of sp³-hybridized carbons (Fsp3) is 0.357. The largest absolute Gasteiger partial charge is 0.487 e. The van der Waals surface area contributed by atoms with Crippen LogP contribution in [0.15, 0.2) is 22.7 Å².